The highest BCUT2D eigenvalue weighted by atomic mass is 15.1. The molecular formula is C45H36N2. The molecule has 6 aromatic carbocycles. The van der Waals surface area contributed by atoms with Gasteiger partial charge in [-0.05, 0) is 97.1 Å². The Morgan fingerprint density at radius 2 is 1.34 bits per heavy atom. The summed E-state index contributed by atoms with van der Waals surface area (Å²) in [6.07, 6.45) is 8.68. The predicted octanol–water partition coefficient (Wildman–Crippen LogP) is 10.9. The van der Waals surface area contributed by atoms with Crippen LogP contribution in [0.3, 0.4) is 0 Å². The normalized spacial score (nSPS) is 18.0. The summed E-state index contributed by atoms with van der Waals surface area (Å²) in [7, 11) is 0. The van der Waals surface area contributed by atoms with Gasteiger partial charge < -0.3 is 5.32 Å². The maximum atomic E-state index is 5.38. The van der Waals surface area contributed by atoms with Crippen LogP contribution in [0.2, 0.25) is 0 Å². The fourth-order valence-corrected chi connectivity index (χ4v) is 7.85. The van der Waals surface area contributed by atoms with E-state index in [0.717, 1.165) is 29.8 Å². The van der Waals surface area contributed by atoms with Gasteiger partial charge in [0.1, 0.15) is 6.17 Å². The van der Waals surface area contributed by atoms with Crippen LogP contribution in [-0.2, 0) is 5.41 Å². The Morgan fingerprint density at radius 3 is 2.21 bits per heavy atom. The lowest BCUT2D eigenvalue weighted by Gasteiger charge is -2.29. The summed E-state index contributed by atoms with van der Waals surface area (Å²) in [5, 5.41) is 8.93. The number of benzene rings is 6. The first-order valence-corrected chi connectivity index (χ1v) is 16.7. The Hall–Kier alpha value is -5.47. The Kier molecular flexibility index (Phi) is 6.40. The van der Waals surface area contributed by atoms with Gasteiger partial charge in [-0.15, -0.1) is 0 Å². The zero-order chi connectivity index (χ0) is 31.5. The second-order valence-corrected chi connectivity index (χ2v) is 13.6. The van der Waals surface area contributed by atoms with Crippen molar-refractivity contribution in [2.24, 2.45) is 4.99 Å². The molecule has 0 spiro atoms. The smallest absolute Gasteiger partial charge is 0.141 e. The molecule has 1 N–H and O–H groups in total. The van der Waals surface area contributed by atoms with Gasteiger partial charge in [0.15, 0.2) is 0 Å². The number of nitrogens with zero attached hydrogens (tertiary/aromatic N) is 1. The lowest BCUT2D eigenvalue weighted by atomic mass is 9.81. The molecule has 1 atom stereocenters. The van der Waals surface area contributed by atoms with Gasteiger partial charge in [0.05, 0.1) is 5.71 Å². The number of aliphatic imine (C=N–C) groups is 1. The van der Waals surface area contributed by atoms with Crippen molar-refractivity contribution in [1.82, 2.24) is 5.32 Å². The molecule has 0 saturated heterocycles. The SMILES string of the molecule is CC1(C)c2ccccc2-c2ccc(C3=CC(c4ccc5c(ccc6ccccc65)c4)=NC(C4=CC=C(c5ccccc5)CC4)N3)cc21. The van der Waals surface area contributed by atoms with Crippen molar-refractivity contribution in [3.63, 3.8) is 0 Å². The van der Waals surface area contributed by atoms with E-state index in [4.69, 9.17) is 4.99 Å². The third kappa shape index (κ3) is 4.67. The van der Waals surface area contributed by atoms with Crippen LogP contribution >= 0.6 is 0 Å². The molecule has 9 rings (SSSR count). The van der Waals surface area contributed by atoms with E-state index in [0.29, 0.717) is 0 Å². The molecule has 0 amide bonds. The first kappa shape index (κ1) is 27.8. The summed E-state index contributed by atoms with van der Waals surface area (Å²) >= 11 is 0. The fourth-order valence-electron chi connectivity index (χ4n) is 7.85. The fraction of sp³-hybridized carbons (Fsp3) is 0.133. The maximum absolute atomic E-state index is 5.38. The highest BCUT2D eigenvalue weighted by molar-refractivity contribution is 6.16. The van der Waals surface area contributed by atoms with E-state index in [2.05, 4.69) is 165 Å². The van der Waals surface area contributed by atoms with E-state index in [1.54, 1.807) is 0 Å². The molecule has 0 bridgehead atoms. The van der Waals surface area contributed by atoms with Crippen molar-refractivity contribution in [3.8, 4) is 11.1 Å². The summed E-state index contributed by atoms with van der Waals surface area (Å²) in [5.74, 6) is 0. The van der Waals surface area contributed by atoms with Crippen LogP contribution in [0.1, 0.15) is 54.5 Å². The zero-order valence-corrected chi connectivity index (χ0v) is 26.8. The second kappa shape index (κ2) is 10.8. The molecule has 1 heterocycles. The minimum Gasteiger partial charge on any atom is -0.360 e. The van der Waals surface area contributed by atoms with E-state index in [-0.39, 0.29) is 11.6 Å². The average Bonchev–Trinajstić information content (AvgIpc) is 3.37. The molecule has 2 nitrogen and oxygen atoms in total. The monoisotopic (exact) mass is 604 g/mol. The third-order valence-electron chi connectivity index (χ3n) is 10.5. The molecule has 0 radical (unpaired) electrons. The van der Waals surface area contributed by atoms with E-state index in [9.17, 15) is 0 Å². The van der Waals surface area contributed by atoms with Crippen molar-refractivity contribution < 1.29 is 0 Å². The van der Waals surface area contributed by atoms with Crippen LogP contribution < -0.4 is 5.32 Å². The van der Waals surface area contributed by atoms with Gasteiger partial charge in [0.2, 0.25) is 0 Å². The molecule has 2 heteroatoms. The van der Waals surface area contributed by atoms with Crippen LogP contribution in [0.5, 0.6) is 0 Å². The van der Waals surface area contributed by atoms with Gasteiger partial charge in [-0.1, -0.05) is 141 Å². The summed E-state index contributed by atoms with van der Waals surface area (Å²) in [4.78, 5) is 5.38. The van der Waals surface area contributed by atoms with Crippen molar-refractivity contribution >= 4 is 38.5 Å². The molecule has 226 valence electrons. The average molecular weight is 605 g/mol. The van der Waals surface area contributed by atoms with Gasteiger partial charge in [-0.3, -0.25) is 4.99 Å². The van der Waals surface area contributed by atoms with Gasteiger partial charge >= 0.3 is 0 Å². The molecule has 0 aromatic heterocycles. The van der Waals surface area contributed by atoms with Crippen LogP contribution in [0.4, 0.5) is 0 Å². The highest BCUT2D eigenvalue weighted by Crippen LogP contribution is 2.49. The Balaban J connectivity index is 1.15. The van der Waals surface area contributed by atoms with Gasteiger partial charge in [-0.2, -0.15) is 0 Å². The molecule has 6 aromatic rings. The minimum absolute atomic E-state index is 0.0564. The van der Waals surface area contributed by atoms with Crippen LogP contribution in [0.25, 0.3) is 43.9 Å². The van der Waals surface area contributed by atoms with Crippen molar-refractivity contribution in [2.45, 2.75) is 38.3 Å². The third-order valence-corrected chi connectivity index (χ3v) is 10.5. The molecule has 0 fully saturated rings. The first-order valence-electron chi connectivity index (χ1n) is 16.7. The standard InChI is InChI=1S/C45H36N2/c1-45(2)40-15-9-8-14-38(40)39-25-23-35(27-41(39)45)43-28-42(34-22-24-37-33(26-34)21-18-31-12-6-7-13-36(31)37)46-44(47-43)32-19-16-30(17-20-32)29-10-4-3-5-11-29/h3-16,18-19,21-28,44,47H,17,20H2,1-2H3. The maximum Gasteiger partial charge on any atom is 0.141 e. The molecule has 3 aliphatic rings. The highest BCUT2D eigenvalue weighted by Gasteiger charge is 2.35. The van der Waals surface area contributed by atoms with E-state index >= 15 is 0 Å². The van der Waals surface area contributed by atoms with Gasteiger partial charge in [0.25, 0.3) is 0 Å². The molecule has 1 aliphatic heterocycles. The Morgan fingerprint density at radius 1 is 0.596 bits per heavy atom. The number of nitrogens with one attached hydrogen (secondary N) is 1. The largest absolute Gasteiger partial charge is 0.360 e. The Bertz CT molecular complexity index is 2350. The number of allylic oxidation sites excluding steroid dienone is 4. The van der Waals surface area contributed by atoms with Crippen molar-refractivity contribution in [1.29, 1.82) is 0 Å². The van der Waals surface area contributed by atoms with Crippen LogP contribution in [0.15, 0.2) is 156 Å². The molecule has 0 saturated carbocycles. The van der Waals surface area contributed by atoms with Crippen molar-refractivity contribution in [3.05, 3.63) is 179 Å². The molecule has 47 heavy (non-hydrogen) atoms. The predicted molar refractivity (Wildman–Crippen MR) is 199 cm³/mol. The van der Waals surface area contributed by atoms with E-state index < -0.39 is 0 Å². The quantitative estimate of drug-likeness (QED) is 0.199. The molecule has 2 aliphatic carbocycles. The van der Waals surface area contributed by atoms with Crippen LogP contribution in [0, 0.1) is 0 Å². The van der Waals surface area contributed by atoms with E-state index in [1.807, 2.05) is 0 Å². The number of hydrogen-bond acceptors (Lipinski definition) is 2. The topological polar surface area (TPSA) is 24.4 Å². The number of hydrogen-bond donors (Lipinski definition) is 1. The van der Waals surface area contributed by atoms with Crippen LogP contribution in [-0.4, -0.2) is 11.9 Å². The van der Waals surface area contributed by atoms with Crippen molar-refractivity contribution in [2.75, 3.05) is 0 Å². The minimum atomic E-state index is -0.135. The summed E-state index contributed by atoms with van der Waals surface area (Å²) in [5.41, 5.74) is 13.9. The summed E-state index contributed by atoms with van der Waals surface area (Å²) < 4.78 is 0. The molecular weight excluding hydrogens is 569 g/mol. The van der Waals surface area contributed by atoms with Gasteiger partial charge in [-0.25, -0.2) is 0 Å². The zero-order valence-electron chi connectivity index (χ0n) is 26.8. The first-order chi connectivity index (χ1) is 23.0. The number of fused-ring (bicyclic) bond motifs is 6. The summed E-state index contributed by atoms with van der Waals surface area (Å²) in [6, 6.07) is 46.5. The second-order valence-electron chi connectivity index (χ2n) is 13.6. The number of rotatable bonds is 4. The lowest BCUT2D eigenvalue weighted by Crippen LogP contribution is -2.33. The van der Waals surface area contributed by atoms with E-state index in [1.165, 1.54) is 66.1 Å². The lowest BCUT2D eigenvalue weighted by molar-refractivity contribution is 0.658. The van der Waals surface area contributed by atoms with Gasteiger partial charge in [0, 0.05) is 16.7 Å². The molecule has 1 unspecified atom stereocenters. The summed E-state index contributed by atoms with van der Waals surface area (Å²) in [6.45, 7) is 4.70. The Labute approximate surface area is 276 Å².